The molecule has 0 amide bonds. The van der Waals surface area contributed by atoms with Gasteiger partial charge in [0.1, 0.15) is 11.5 Å². The highest BCUT2D eigenvalue weighted by molar-refractivity contribution is 5.42. The van der Waals surface area contributed by atoms with Crippen molar-refractivity contribution in [2.24, 2.45) is 0 Å². The van der Waals surface area contributed by atoms with Gasteiger partial charge in [-0.05, 0) is 62.1 Å². The molecule has 2 N–H and O–H groups in total. The predicted molar refractivity (Wildman–Crippen MR) is 131 cm³/mol. The number of benzene rings is 2. The minimum Gasteiger partial charge on any atom is -0.508 e. The van der Waals surface area contributed by atoms with Crippen LogP contribution in [0.2, 0.25) is 0 Å². The molecule has 0 unspecified atom stereocenters. The Morgan fingerprint density at radius 3 is 1.17 bits per heavy atom. The summed E-state index contributed by atoms with van der Waals surface area (Å²) in [7, 11) is 0. The quantitative estimate of drug-likeness (QED) is 0.460. The second kappa shape index (κ2) is 8.65. The minimum absolute atomic E-state index is 0.000494. The summed E-state index contributed by atoms with van der Waals surface area (Å²) in [5.41, 5.74) is 4.81. The molecule has 2 heteroatoms. The highest BCUT2D eigenvalue weighted by Gasteiger charge is 2.21. The molecule has 0 spiro atoms. The molecule has 0 aliphatic carbocycles. The fourth-order valence-electron chi connectivity index (χ4n) is 3.11. The van der Waals surface area contributed by atoms with E-state index in [2.05, 4.69) is 95.2 Å². The topological polar surface area (TPSA) is 40.5 Å². The van der Waals surface area contributed by atoms with E-state index in [-0.39, 0.29) is 21.7 Å². The van der Waals surface area contributed by atoms with E-state index in [9.17, 15) is 10.2 Å². The fraction of sp³-hybridized carbons (Fsp3) is 0.571. The first-order valence-electron chi connectivity index (χ1n) is 10.9. The van der Waals surface area contributed by atoms with Gasteiger partial charge >= 0.3 is 0 Å². The SMILES string of the molecule is CC(C)(C)c1cc(O)cc(C(C)(C)C)c1.CC(C)(C)c1ccc(C(C)(C)C)c(O)c1. The Bertz CT molecular complexity index is 816. The second-order valence-corrected chi connectivity index (χ2v) is 12.5. The molecule has 0 fully saturated rings. The molecule has 2 nitrogen and oxygen atoms in total. The van der Waals surface area contributed by atoms with Crippen molar-refractivity contribution in [3.63, 3.8) is 0 Å². The van der Waals surface area contributed by atoms with E-state index in [1.165, 1.54) is 16.7 Å². The van der Waals surface area contributed by atoms with Gasteiger partial charge in [-0.1, -0.05) is 101 Å². The van der Waals surface area contributed by atoms with Gasteiger partial charge in [-0.3, -0.25) is 0 Å². The van der Waals surface area contributed by atoms with Gasteiger partial charge in [0.05, 0.1) is 0 Å². The van der Waals surface area contributed by atoms with Crippen LogP contribution in [-0.4, -0.2) is 10.2 Å². The number of aromatic hydroxyl groups is 2. The van der Waals surface area contributed by atoms with Crippen molar-refractivity contribution >= 4 is 0 Å². The third-order valence-electron chi connectivity index (χ3n) is 5.32. The summed E-state index contributed by atoms with van der Waals surface area (Å²) in [5, 5.41) is 19.7. The van der Waals surface area contributed by atoms with E-state index in [4.69, 9.17) is 0 Å². The number of hydrogen-bond donors (Lipinski definition) is 2. The number of phenolic OH excluding ortho intramolecular Hbond substituents is 2. The molecule has 168 valence electrons. The first kappa shape index (κ1) is 26.1. The normalized spacial score (nSPS) is 12.9. The van der Waals surface area contributed by atoms with Crippen LogP contribution in [0.4, 0.5) is 0 Å². The first-order valence-corrected chi connectivity index (χ1v) is 10.9. The summed E-state index contributed by atoms with van der Waals surface area (Å²) in [6.07, 6.45) is 0. The molecule has 0 saturated heterocycles. The van der Waals surface area contributed by atoms with Gasteiger partial charge in [0.25, 0.3) is 0 Å². The number of hydrogen-bond acceptors (Lipinski definition) is 2. The summed E-state index contributed by atoms with van der Waals surface area (Å²) in [6, 6.07) is 11.9. The van der Waals surface area contributed by atoms with Crippen LogP contribution in [0, 0.1) is 0 Å². The lowest BCUT2D eigenvalue weighted by Crippen LogP contribution is -2.15. The average Bonchev–Trinajstić information content (AvgIpc) is 2.51. The fourth-order valence-corrected chi connectivity index (χ4v) is 3.11. The zero-order chi connectivity index (χ0) is 23.7. The molecular weight excluding hydrogens is 368 g/mol. The molecule has 2 aromatic rings. The minimum atomic E-state index is 0.000494. The third-order valence-corrected chi connectivity index (χ3v) is 5.32. The summed E-state index contributed by atoms with van der Waals surface area (Å²) in [4.78, 5) is 0. The highest BCUT2D eigenvalue weighted by Crippen LogP contribution is 2.34. The largest absolute Gasteiger partial charge is 0.508 e. The van der Waals surface area contributed by atoms with E-state index < -0.39 is 0 Å². The molecule has 0 aromatic heterocycles. The molecule has 0 aliphatic rings. The monoisotopic (exact) mass is 412 g/mol. The van der Waals surface area contributed by atoms with Crippen molar-refractivity contribution < 1.29 is 10.2 Å². The van der Waals surface area contributed by atoms with Crippen LogP contribution in [0.5, 0.6) is 11.5 Å². The van der Waals surface area contributed by atoms with Gasteiger partial charge in [0.15, 0.2) is 0 Å². The Hall–Kier alpha value is -1.96. The van der Waals surface area contributed by atoms with Crippen LogP contribution in [0.25, 0.3) is 0 Å². The van der Waals surface area contributed by atoms with E-state index in [0.717, 1.165) is 5.56 Å². The van der Waals surface area contributed by atoms with Crippen LogP contribution < -0.4 is 0 Å². The van der Waals surface area contributed by atoms with Crippen molar-refractivity contribution in [2.75, 3.05) is 0 Å². The maximum Gasteiger partial charge on any atom is 0.119 e. The van der Waals surface area contributed by atoms with Gasteiger partial charge < -0.3 is 10.2 Å². The molecule has 0 atom stereocenters. The van der Waals surface area contributed by atoms with E-state index in [1.807, 2.05) is 24.3 Å². The number of rotatable bonds is 0. The molecule has 0 aliphatic heterocycles. The molecule has 30 heavy (non-hydrogen) atoms. The third kappa shape index (κ3) is 7.38. The van der Waals surface area contributed by atoms with Crippen LogP contribution in [0.1, 0.15) is 105 Å². The van der Waals surface area contributed by atoms with Gasteiger partial charge in [-0.15, -0.1) is 0 Å². The summed E-state index contributed by atoms with van der Waals surface area (Å²) in [5.74, 6) is 0.780. The van der Waals surface area contributed by atoms with Crippen molar-refractivity contribution in [2.45, 2.75) is 105 Å². The maximum absolute atomic E-state index is 9.99. The zero-order valence-electron chi connectivity index (χ0n) is 21.4. The van der Waals surface area contributed by atoms with Crippen LogP contribution in [0.3, 0.4) is 0 Å². The van der Waals surface area contributed by atoms with Gasteiger partial charge in [-0.25, -0.2) is 0 Å². The van der Waals surface area contributed by atoms with Crippen molar-refractivity contribution in [1.29, 1.82) is 0 Å². The summed E-state index contributed by atoms with van der Waals surface area (Å²) < 4.78 is 0. The van der Waals surface area contributed by atoms with E-state index >= 15 is 0 Å². The highest BCUT2D eigenvalue weighted by atomic mass is 16.3. The molecular formula is C28H44O2. The number of phenols is 2. The Labute approximate surface area is 185 Å². The Balaban J connectivity index is 0.000000300. The van der Waals surface area contributed by atoms with Crippen LogP contribution in [-0.2, 0) is 21.7 Å². The summed E-state index contributed by atoms with van der Waals surface area (Å²) in [6.45, 7) is 25.7. The van der Waals surface area contributed by atoms with Crippen LogP contribution in [0.15, 0.2) is 36.4 Å². The maximum atomic E-state index is 9.99. The molecule has 0 bridgehead atoms. The Morgan fingerprint density at radius 1 is 0.467 bits per heavy atom. The van der Waals surface area contributed by atoms with E-state index in [1.54, 1.807) is 0 Å². The Kier molecular flexibility index (Phi) is 7.52. The van der Waals surface area contributed by atoms with Crippen molar-refractivity contribution in [1.82, 2.24) is 0 Å². The van der Waals surface area contributed by atoms with Crippen molar-refractivity contribution in [3.05, 3.63) is 58.7 Å². The van der Waals surface area contributed by atoms with E-state index in [0.29, 0.717) is 11.5 Å². The Morgan fingerprint density at radius 2 is 0.867 bits per heavy atom. The molecule has 0 radical (unpaired) electrons. The first-order chi connectivity index (χ1) is 13.2. The van der Waals surface area contributed by atoms with Gasteiger partial charge in [-0.2, -0.15) is 0 Å². The zero-order valence-corrected chi connectivity index (χ0v) is 21.4. The predicted octanol–water partition coefficient (Wildman–Crippen LogP) is 7.97. The van der Waals surface area contributed by atoms with Crippen LogP contribution >= 0.6 is 0 Å². The lowest BCUT2D eigenvalue weighted by atomic mass is 9.80. The summed E-state index contributed by atoms with van der Waals surface area (Å²) >= 11 is 0. The average molecular weight is 413 g/mol. The molecule has 2 rings (SSSR count). The molecule has 2 aromatic carbocycles. The van der Waals surface area contributed by atoms with Gasteiger partial charge in [0.2, 0.25) is 0 Å². The lowest BCUT2D eigenvalue weighted by Gasteiger charge is -2.25. The smallest absolute Gasteiger partial charge is 0.119 e. The lowest BCUT2D eigenvalue weighted by molar-refractivity contribution is 0.443. The molecule has 0 heterocycles. The standard InChI is InChI=1S/2C14H22O/c1-13(2,3)10-7-11(14(4,5)6)9-12(15)8-10;1-13(2,3)10-7-8-11(12(15)9-10)14(4,5)6/h2*7-9,15H,1-6H3. The van der Waals surface area contributed by atoms with Crippen molar-refractivity contribution in [3.8, 4) is 11.5 Å². The molecule has 0 saturated carbocycles. The van der Waals surface area contributed by atoms with Gasteiger partial charge in [0, 0.05) is 0 Å². The second-order valence-electron chi connectivity index (χ2n) is 12.5.